The van der Waals surface area contributed by atoms with Crippen LogP contribution < -0.4 is 5.32 Å². The summed E-state index contributed by atoms with van der Waals surface area (Å²) in [4.78, 5) is 52.7. The Morgan fingerprint density at radius 3 is 2.19 bits per heavy atom. The van der Waals surface area contributed by atoms with Crippen LogP contribution in [0.5, 0.6) is 0 Å². The summed E-state index contributed by atoms with van der Waals surface area (Å²) in [6.07, 6.45) is 3.51. The van der Waals surface area contributed by atoms with Gasteiger partial charge in [0.15, 0.2) is 0 Å². The molecule has 2 unspecified atom stereocenters. The lowest BCUT2D eigenvalue weighted by molar-refractivity contribution is -0.145. The van der Waals surface area contributed by atoms with Gasteiger partial charge in [0.2, 0.25) is 5.91 Å². The Labute approximate surface area is 187 Å². The molecule has 1 aliphatic rings. The van der Waals surface area contributed by atoms with Gasteiger partial charge in [-0.05, 0) is 37.0 Å². The van der Waals surface area contributed by atoms with Gasteiger partial charge in [0.25, 0.3) is 11.8 Å². The molecule has 0 fully saturated rings. The summed E-state index contributed by atoms with van der Waals surface area (Å²) in [5, 5.41) is 2.70. The standard InChI is InChI=1S/C25H26N2O5/c1-3-4-6-15-20(25(31)32-2)26-22(28)21(16-17-11-7-5-8-12-17)27-23(29)18-13-9-10-14-19(18)24(27)30/h3,5,7-14,20-21H,1,4,6,15-16H2,2H3,(H,26,28). The molecular weight excluding hydrogens is 408 g/mol. The van der Waals surface area contributed by atoms with E-state index in [0.717, 1.165) is 10.5 Å². The fraction of sp³-hybridized carbons (Fsp3) is 0.280. The number of fused-ring (bicyclic) bond motifs is 1. The van der Waals surface area contributed by atoms with Gasteiger partial charge in [0.05, 0.1) is 18.2 Å². The number of methoxy groups -OCH3 is 1. The molecule has 2 aromatic carbocycles. The lowest BCUT2D eigenvalue weighted by Gasteiger charge is -2.27. The second-order valence-corrected chi connectivity index (χ2v) is 7.54. The van der Waals surface area contributed by atoms with Gasteiger partial charge >= 0.3 is 5.97 Å². The molecule has 1 heterocycles. The van der Waals surface area contributed by atoms with Gasteiger partial charge in [-0.1, -0.05) is 48.5 Å². The first-order valence-corrected chi connectivity index (χ1v) is 10.5. The minimum atomic E-state index is -1.11. The summed E-state index contributed by atoms with van der Waals surface area (Å²) in [6.45, 7) is 3.66. The number of carbonyl (C=O) groups is 4. The molecule has 166 valence electrons. The zero-order valence-electron chi connectivity index (χ0n) is 18.0. The average Bonchev–Trinajstić information content (AvgIpc) is 3.07. The summed E-state index contributed by atoms with van der Waals surface area (Å²) in [6, 6.07) is 13.6. The predicted molar refractivity (Wildman–Crippen MR) is 119 cm³/mol. The highest BCUT2D eigenvalue weighted by molar-refractivity contribution is 6.22. The van der Waals surface area contributed by atoms with Crippen molar-refractivity contribution in [1.29, 1.82) is 0 Å². The lowest BCUT2D eigenvalue weighted by Crippen LogP contribution is -2.54. The first kappa shape index (κ1) is 22.9. The molecule has 1 N–H and O–H groups in total. The quantitative estimate of drug-likeness (QED) is 0.269. The van der Waals surface area contributed by atoms with E-state index in [1.54, 1.807) is 30.3 Å². The molecule has 0 bridgehead atoms. The second kappa shape index (κ2) is 10.5. The molecule has 3 amide bonds. The molecular formula is C25H26N2O5. The third-order valence-electron chi connectivity index (χ3n) is 5.41. The van der Waals surface area contributed by atoms with Crippen molar-refractivity contribution >= 4 is 23.7 Å². The van der Waals surface area contributed by atoms with Crippen molar-refractivity contribution in [2.24, 2.45) is 0 Å². The molecule has 7 heteroatoms. The Hall–Kier alpha value is -3.74. The van der Waals surface area contributed by atoms with Crippen LogP contribution >= 0.6 is 0 Å². The number of carbonyl (C=O) groups excluding carboxylic acids is 4. The highest BCUT2D eigenvalue weighted by Crippen LogP contribution is 2.26. The number of hydrogen-bond acceptors (Lipinski definition) is 5. The smallest absolute Gasteiger partial charge is 0.328 e. The van der Waals surface area contributed by atoms with Gasteiger partial charge in [-0.25, -0.2) is 4.79 Å². The Morgan fingerprint density at radius 1 is 1.03 bits per heavy atom. The molecule has 2 atom stereocenters. The molecule has 7 nitrogen and oxygen atoms in total. The van der Waals surface area contributed by atoms with Gasteiger partial charge in [-0.15, -0.1) is 6.58 Å². The molecule has 0 radical (unpaired) electrons. The Kier molecular flexibility index (Phi) is 7.54. The fourth-order valence-electron chi connectivity index (χ4n) is 3.75. The summed E-state index contributed by atoms with van der Waals surface area (Å²) < 4.78 is 4.83. The normalized spacial score (nSPS) is 14.5. The first-order chi connectivity index (χ1) is 15.5. The first-order valence-electron chi connectivity index (χ1n) is 10.5. The van der Waals surface area contributed by atoms with Gasteiger partial charge < -0.3 is 10.1 Å². The maximum atomic E-state index is 13.4. The van der Waals surface area contributed by atoms with Crippen LogP contribution in [0.4, 0.5) is 0 Å². The van der Waals surface area contributed by atoms with E-state index in [4.69, 9.17) is 4.74 Å². The van der Waals surface area contributed by atoms with Gasteiger partial charge in [0.1, 0.15) is 12.1 Å². The fourth-order valence-corrected chi connectivity index (χ4v) is 3.75. The van der Waals surface area contributed by atoms with Crippen molar-refractivity contribution in [3.8, 4) is 0 Å². The van der Waals surface area contributed by atoms with E-state index in [0.29, 0.717) is 19.3 Å². The Morgan fingerprint density at radius 2 is 1.62 bits per heavy atom. The number of allylic oxidation sites excluding steroid dienone is 1. The predicted octanol–water partition coefficient (Wildman–Crippen LogP) is 2.91. The summed E-state index contributed by atoms with van der Waals surface area (Å²) >= 11 is 0. The van der Waals surface area contributed by atoms with E-state index in [-0.39, 0.29) is 17.5 Å². The van der Waals surface area contributed by atoms with Crippen molar-refractivity contribution in [2.75, 3.05) is 7.11 Å². The van der Waals surface area contributed by atoms with Crippen molar-refractivity contribution in [1.82, 2.24) is 10.2 Å². The number of esters is 1. The highest BCUT2D eigenvalue weighted by atomic mass is 16.5. The zero-order valence-corrected chi connectivity index (χ0v) is 18.0. The van der Waals surface area contributed by atoms with Gasteiger partial charge in [-0.2, -0.15) is 0 Å². The number of benzene rings is 2. The summed E-state index contributed by atoms with van der Waals surface area (Å²) in [5.41, 5.74) is 1.31. The number of nitrogens with zero attached hydrogens (tertiary/aromatic N) is 1. The van der Waals surface area contributed by atoms with Crippen LogP contribution in [0.1, 0.15) is 45.5 Å². The number of rotatable bonds is 10. The molecule has 2 aromatic rings. The second-order valence-electron chi connectivity index (χ2n) is 7.54. The molecule has 1 aliphatic heterocycles. The zero-order chi connectivity index (χ0) is 23.1. The average molecular weight is 434 g/mol. The van der Waals surface area contributed by atoms with E-state index in [9.17, 15) is 19.2 Å². The number of amides is 3. The molecule has 0 saturated carbocycles. The minimum Gasteiger partial charge on any atom is -0.467 e. The van der Waals surface area contributed by atoms with Crippen molar-refractivity contribution in [3.05, 3.63) is 83.9 Å². The number of unbranched alkanes of at least 4 members (excludes halogenated alkanes) is 1. The third-order valence-corrected chi connectivity index (χ3v) is 5.41. The van der Waals surface area contributed by atoms with Crippen LogP contribution in [0.15, 0.2) is 67.3 Å². The van der Waals surface area contributed by atoms with E-state index >= 15 is 0 Å². The number of imide groups is 1. The topological polar surface area (TPSA) is 92.8 Å². The van der Waals surface area contributed by atoms with Crippen molar-refractivity contribution in [3.63, 3.8) is 0 Å². The maximum Gasteiger partial charge on any atom is 0.328 e. The molecule has 0 spiro atoms. The molecule has 0 saturated heterocycles. The maximum absolute atomic E-state index is 13.4. The summed E-state index contributed by atoms with van der Waals surface area (Å²) in [7, 11) is 1.25. The molecule has 32 heavy (non-hydrogen) atoms. The van der Waals surface area contributed by atoms with E-state index in [1.807, 2.05) is 30.3 Å². The van der Waals surface area contributed by atoms with E-state index in [2.05, 4.69) is 11.9 Å². The van der Waals surface area contributed by atoms with Crippen LogP contribution in [-0.2, 0) is 20.7 Å². The monoisotopic (exact) mass is 434 g/mol. The molecule has 0 aliphatic carbocycles. The van der Waals surface area contributed by atoms with Crippen LogP contribution in [-0.4, -0.2) is 47.8 Å². The van der Waals surface area contributed by atoms with E-state index < -0.39 is 35.8 Å². The SMILES string of the molecule is C=CCCCC(NC(=O)C(Cc1ccccc1)N1C(=O)c2ccccc2C1=O)C(=O)OC. The minimum absolute atomic E-state index is 0.124. The Bertz CT molecular complexity index is 983. The third kappa shape index (κ3) is 4.94. The van der Waals surface area contributed by atoms with Crippen LogP contribution in [0, 0.1) is 0 Å². The molecule has 3 rings (SSSR count). The Balaban J connectivity index is 1.90. The number of hydrogen-bond donors (Lipinski definition) is 1. The number of nitrogens with one attached hydrogen (secondary N) is 1. The number of ether oxygens (including phenoxy) is 1. The highest BCUT2D eigenvalue weighted by Gasteiger charge is 2.43. The van der Waals surface area contributed by atoms with Gasteiger partial charge in [0, 0.05) is 6.42 Å². The molecule has 0 aromatic heterocycles. The van der Waals surface area contributed by atoms with E-state index in [1.165, 1.54) is 7.11 Å². The largest absolute Gasteiger partial charge is 0.467 e. The lowest BCUT2D eigenvalue weighted by atomic mass is 10.0. The van der Waals surface area contributed by atoms with Crippen LogP contribution in [0.3, 0.4) is 0 Å². The van der Waals surface area contributed by atoms with Crippen molar-refractivity contribution < 1.29 is 23.9 Å². The van der Waals surface area contributed by atoms with Crippen LogP contribution in [0.25, 0.3) is 0 Å². The van der Waals surface area contributed by atoms with Crippen LogP contribution in [0.2, 0.25) is 0 Å². The van der Waals surface area contributed by atoms with Crippen molar-refractivity contribution in [2.45, 2.75) is 37.8 Å². The van der Waals surface area contributed by atoms with Gasteiger partial charge in [-0.3, -0.25) is 19.3 Å². The summed E-state index contributed by atoms with van der Waals surface area (Å²) in [5.74, 6) is -2.22.